The molecule has 5 rings (SSSR count). The first-order chi connectivity index (χ1) is 15.6. The molecule has 1 saturated heterocycles. The summed E-state index contributed by atoms with van der Waals surface area (Å²) in [5, 5.41) is 2.52. The summed E-state index contributed by atoms with van der Waals surface area (Å²) in [5.41, 5.74) is 2.05. The van der Waals surface area contributed by atoms with Gasteiger partial charge in [-0.1, -0.05) is 12.1 Å². The van der Waals surface area contributed by atoms with Gasteiger partial charge in [0.2, 0.25) is 0 Å². The Labute approximate surface area is 182 Å². The maximum Gasteiger partial charge on any atom is 0.291 e. The zero-order valence-corrected chi connectivity index (χ0v) is 16.9. The zero-order valence-electron chi connectivity index (χ0n) is 16.9. The third-order valence-corrected chi connectivity index (χ3v) is 5.40. The lowest BCUT2D eigenvalue weighted by Crippen LogP contribution is -2.12. The van der Waals surface area contributed by atoms with Crippen molar-refractivity contribution in [3.63, 3.8) is 0 Å². The Kier molecular flexibility index (Phi) is 5.28. The molecule has 0 bridgehead atoms. The number of halogens is 2. The van der Waals surface area contributed by atoms with Gasteiger partial charge in [-0.15, -0.1) is 0 Å². The number of benzene rings is 2. The van der Waals surface area contributed by atoms with Crippen molar-refractivity contribution >= 4 is 11.6 Å². The molecule has 8 heteroatoms. The summed E-state index contributed by atoms with van der Waals surface area (Å²) in [7, 11) is 0. The molecule has 2 aromatic carbocycles. The molecule has 1 atom stereocenters. The topological polar surface area (TPSA) is 69.3 Å². The van der Waals surface area contributed by atoms with Crippen LogP contribution in [0.1, 0.15) is 23.0 Å². The van der Waals surface area contributed by atoms with E-state index in [4.69, 9.17) is 9.15 Å². The van der Waals surface area contributed by atoms with Crippen LogP contribution in [0.25, 0.3) is 22.7 Å². The van der Waals surface area contributed by atoms with E-state index in [1.54, 1.807) is 36.7 Å². The van der Waals surface area contributed by atoms with E-state index in [0.29, 0.717) is 35.9 Å². The highest BCUT2D eigenvalue weighted by Gasteiger charge is 2.26. The summed E-state index contributed by atoms with van der Waals surface area (Å²) >= 11 is 0. The van der Waals surface area contributed by atoms with Crippen LogP contribution >= 0.6 is 0 Å². The van der Waals surface area contributed by atoms with Gasteiger partial charge in [-0.3, -0.25) is 4.79 Å². The number of anilines is 1. The Hall–Kier alpha value is -3.78. The van der Waals surface area contributed by atoms with Crippen molar-refractivity contribution in [1.82, 2.24) is 9.55 Å². The minimum atomic E-state index is -0.569. The van der Waals surface area contributed by atoms with Crippen LogP contribution in [0, 0.1) is 11.6 Å². The first-order valence-electron chi connectivity index (χ1n) is 10.2. The molecular weight excluding hydrogens is 416 g/mol. The van der Waals surface area contributed by atoms with Crippen molar-refractivity contribution in [2.24, 2.45) is 0 Å². The Balaban J connectivity index is 1.52. The lowest BCUT2D eigenvalue weighted by molar-refractivity contribution is 0.0997. The second-order valence-electron chi connectivity index (χ2n) is 7.47. The van der Waals surface area contributed by atoms with Crippen molar-refractivity contribution in [3.8, 4) is 22.7 Å². The van der Waals surface area contributed by atoms with Gasteiger partial charge in [0, 0.05) is 12.2 Å². The Bertz CT molecular complexity index is 1260. The maximum absolute atomic E-state index is 13.9. The normalized spacial score (nSPS) is 15.8. The summed E-state index contributed by atoms with van der Waals surface area (Å²) in [6.07, 6.45) is 2.52. The molecule has 3 heterocycles. The third kappa shape index (κ3) is 3.80. The number of aromatic nitrogens is 2. The number of furan rings is 1. The fourth-order valence-electron chi connectivity index (χ4n) is 3.78. The van der Waals surface area contributed by atoms with E-state index in [9.17, 15) is 13.6 Å². The highest BCUT2D eigenvalue weighted by atomic mass is 19.1. The van der Waals surface area contributed by atoms with E-state index in [-0.39, 0.29) is 23.3 Å². The van der Waals surface area contributed by atoms with Gasteiger partial charge in [0.1, 0.15) is 17.3 Å². The quantitative estimate of drug-likeness (QED) is 0.462. The van der Waals surface area contributed by atoms with Gasteiger partial charge >= 0.3 is 0 Å². The largest absolute Gasteiger partial charge is 0.449 e. The molecule has 1 aliphatic heterocycles. The van der Waals surface area contributed by atoms with E-state index >= 15 is 0 Å². The van der Waals surface area contributed by atoms with Crippen LogP contribution in [-0.4, -0.2) is 28.7 Å². The zero-order chi connectivity index (χ0) is 22.1. The van der Waals surface area contributed by atoms with Gasteiger partial charge in [0.05, 0.1) is 30.4 Å². The minimum absolute atomic E-state index is 0.0312. The summed E-state index contributed by atoms with van der Waals surface area (Å²) in [6, 6.07) is 15.2. The highest BCUT2D eigenvalue weighted by Crippen LogP contribution is 2.36. The van der Waals surface area contributed by atoms with Crippen LogP contribution in [0.2, 0.25) is 0 Å². The third-order valence-electron chi connectivity index (χ3n) is 5.40. The van der Waals surface area contributed by atoms with Gasteiger partial charge in [-0.05, 0) is 55.0 Å². The first kappa shape index (κ1) is 20.1. The van der Waals surface area contributed by atoms with E-state index < -0.39 is 11.7 Å². The number of rotatable bonds is 5. The molecule has 162 valence electrons. The van der Waals surface area contributed by atoms with Gasteiger partial charge < -0.3 is 19.0 Å². The van der Waals surface area contributed by atoms with Gasteiger partial charge in [0.15, 0.2) is 11.5 Å². The van der Waals surface area contributed by atoms with Crippen LogP contribution in [-0.2, 0) is 4.74 Å². The molecule has 0 radical (unpaired) electrons. The lowest BCUT2D eigenvalue weighted by atomic mass is 10.1. The smallest absolute Gasteiger partial charge is 0.291 e. The number of carbonyl (C=O) groups is 1. The number of nitrogens with zero attached hydrogens (tertiary/aromatic N) is 2. The van der Waals surface area contributed by atoms with E-state index in [1.807, 2.05) is 4.57 Å². The number of amides is 1. The van der Waals surface area contributed by atoms with E-state index in [0.717, 1.165) is 6.42 Å². The fraction of sp³-hybridized carbons (Fsp3) is 0.167. The monoisotopic (exact) mass is 435 g/mol. The fourth-order valence-corrected chi connectivity index (χ4v) is 3.78. The summed E-state index contributed by atoms with van der Waals surface area (Å²) in [5.74, 6) is -0.995. The van der Waals surface area contributed by atoms with E-state index in [1.165, 1.54) is 30.3 Å². The van der Waals surface area contributed by atoms with Gasteiger partial charge in [-0.25, -0.2) is 13.8 Å². The number of ether oxygens (including phenoxy) is 1. The summed E-state index contributed by atoms with van der Waals surface area (Å²) in [6.45, 7) is 1.18. The number of para-hydroxylation sites is 1. The number of carbonyl (C=O) groups excluding carboxylic acids is 1. The standard InChI is InChI=1S/C24H19F2N3O3/c25-16-7-5-15(6-8-16)22-23(29(14-27-22)17-11-12-31-13-17)20-9-10-21(32-20)24(30)28-19-4-2-1-3-18(19)26/h1-10,14,17H,11-13H2,(H,28,30). The van der Waals surface area contributed by atoms with Crippen molar-refractivity contribution in [2.75, 3.05) is 18.5 Å². The maximum atomic E-state index is 13.9. The average Bonchev–Trinajstić information content (AvgIpc) is 3.55. The number of nitrogens with one attached hydrogen (secondary N) is 1. The molecular formula is C24H19F2N3O3. The lowest BCUT2D eigenvalue weighted by Gasteiger charge is -2.14. The SMILES string of the molecule is O=C(Nc1ccccc1F)c1ccc(-c2c(-c3ccc(F)cc3)ncn2C2CCOC2)o1. The first-order valence-corrected chi connectivity index (χ1v) is 10.2. The second kappa shape index (κ2) is 8.39. The Morgan fingerprint density at radius 2 is 1.88 bits per heavy atom. The molecule has 0 aliphatic carbocycles. The molecule has 1 fully saturated rings. The second-order valence-corrected chi connectivity index (χ2v) is 7.47. The molecule has 1 aliphatic rings. The van der Waals surface area contributed by atoms with Crippen molar-refractivity contribution < 1.29 is 22.7 Å². The molecule has 4 aromatic rings. The van der Waals surface area contributed by atoms with Crippen molar-refractivity contribution in [3.05, 3.63) is 84.4 Å². The van der Waals surface area contributed by atoms with Crippen LogP contribution in [0.3, 0.4) is 0 Å². The Morgan fingerprint density at radius 1 is 1.06 bits per heavy atom. The Morgan fingerprint density at radius 3 is 2.62 bits per heavy atom. The van der Waals surface area contributed by atoms with Crippen LogP contribution in [0.5, 0.6) is 0 Å². The molecule has 1 unspecified atom stereocenters. The molecule has 1 amide bonds. The van der Waals surface area contributed by atoms with Gasteiger partial charge in [0.25, 0.3) is 5.91 Å². The van der Waals surface area contributed by atoms with E-state index in [2.05, 4.69) is 10.3 Å². The minimum Gasteiger partial charge on any atom is -0.449 e. The molecule has 0 spiro atoms. The number of hydrogen-bond donors (Lipinski definition) is 1. The number of imidazole rings is 1. The average molecular weight is 435 g/mol. The number of hydrogen-bond acceptors (Lipinski definition) is 4. The predicted molar refractivity (Wildman–Crippen MR) is 114 cm³/mol. The van der Waals surface area contributed by atoms with Crippen LogP contribution in [0.4, 0.5) is 14.5 Å². The van der Waals surface area contributed by atoms with Gasteiger partial charge in [-0.2, -0.15) is 0 Å². The molecule has 6 nitrogen and oxygen atoms in total. The van der Waals surface area contributed by atoms with Crippen LogP contribution in [0.15, 0.2) is 71.4 Å². The molecule has 32 heavy (non-hydrogen) atoms. The molecule has 1 N–H and O–H groups in total. The molecule has 2 aromatic heterocycles. The molecule has 0 saturated carbocycles. The van der Waals surface area contributed by atoms with Crippen molar-refractivity contribution in [2.45, 2.75) is 12.5 Å². The summed E-state index contributed by atoms with van der Waals surface area (Å²) < 4.78 is 40.7. The highest BCUT2D eigenvalue weighted by molar-refractivity contribution is 6.02. The predicted octanol–water partition coefficient (Wildman–Crippen LogP) is 5.30. The summed E-state index contributed by atoms with van der Waals surface area (Å²) in [4.78, 5) is 17.2. The van der Waals surface area contributed by atoms with Crippen LogP contribution < -0.4 is 5.32 Å². The van der Waals surface area contributed by atoms with Crippen molar-refractivity contribution in [1.29, 1.82) is 0 Å².